The Bertz CT molecular complexity index is 339. The molecule has 88 valence electrons. The molecule has 1 fully saturated rings. The Balaban J connectivity index is 2.04. The number of carbonyl (C=O) groups is 1. The van der Waals surface area contributed by atoms with Gasteiger partial charge in [-0.15, -0.1) is 11.3 Å². The van der Waals surface area contributed by atoms with Crippen molar-refractivity contribution in [3.05, 3.63) is 16.6 Å². The number of nitrogens with zero attached hydrogens (tertiary/aromatic N) is 2. The summed E-state index contributed by atoms with van der Waals surface area (Å²) >= 11 is 1.61. The van der Waals surface area contributed by atoms with Crippen LogP contribution < -0.4 is 5.32 Å². The van der Waals surface area contributed by atoms with Crippen LogP contribution in [0.1, 0.15) is 24.1 Å². The van der Waals surface area contributed by atoms with Crippen LogP contribution in [0.5, 0.6) is 0 Å². The SMILES string of the molecule is CNC1CCCCN(Cc2cncs2)C1=O. The predicted molar refractivity (Wildman–Crippen MR) is 64.2 cm³/mol. The van der Waals surface area contributed by atoms with Gasteiger partial charge >= 0.3 is 0 Å². The molecule has 4 nitrogen and oxygen atoms in total. The number of likely N-dealkylation sites (N-methyl/N-ethyl adjacent to an activating group) is 1. The summed E-state index contributed by atoms with van der Waals surface area (Å²) in [6, 6.07) is -0.00424. The van der Waals surface area contributed by atoms with Crippen molar-refractivity contribution >= 4 is 17.2 Å². The number of nitrogens with one attached hydrogen (secondary N) is 1. The highest BCUT2D eigenvalue weighted by Gasteiger charge is 2.25. The molecule has 1 saturated heterocycles. The molecule has 1 aromatic rings. The Morgan fingerprint density at radius 1 is 1.62 bits per heavy atom. The van der Waals surface area contributed by atoms with Gasteiger partial charge in [0, 0.05) is 17.6 Å². The highest BCUT2D eigenvalue weighted by Crippen LogP contribution is 2.16. The van der Waals surface area contributed by atoms with E-state index in [1.54, 1.807) is 11.3 Å². The average Bonchev–Trinajstić information content (AvgIpc) is 2.73. The summed E-state index contributed by atoms with van der Waals surface area (Å²) in [5, 5.41) is 3.10. The first-order valence-electron chi connectivity index (χ1n) is 5.64. The van der Waals surface area contributed by atoms with E-state index >= 15 is 0 Å². The van der Waals surface area contributed by atoms with Gasteiger partial charge in [0.05, 0.1) is 18.1 Å². The van der Waals surface area contributed by atoms with Gasteiger partial charge in [0.1, 0.15) is 0 Å². The van der Waals surface area contributed by atoms with Crippen molar-refractivity contribution < 1.29 is 4.79 Å². The van der Waals surface area contributed by atoms with Crippen LogP contribution >= 0.6 is 11.3 Å². The first kappa shape index (κ1) is 11.5. The van der Waals surface area contributed by atoms with Gasteiger partial charge in [-0.3, -0.25) is 9.78 Å². The summed E-state index contributed by atoms with van der Waals surface area (Å²) in [6.45, 7) is 1.58. The van der Waals surface area contributed by atoms with Gasteiger partial charge in [-0.2, -0.15) is 0 Å². The van der Waals surface area contributed by atoms with Gasteiger partial charge in [-0.05, 0) is 26.3 Å². The number of carbonyl (C=O) groups excluding carboxylic acids is 1. The third-order valence-electron chi connectivity index (χ3n) is 2.96. The van der Waals surface area contributed by atoms with Crippen molar-refractivity contribution in [2.24, 2.45) is 0 Å². The van der Waals surface area contributed by atoms with Crippen LogP contribution in [0.25, 0.3) is 0 Å². The molecule has 0 aliphatic carbocycles. The van der Waals surface area contributed by atoms with Gasteiger partial charge < -0.3 is 10.2 Å². The first-order chi connectivity index (χ1) is 7.81. The minimum Gasteiger partial charge on any atom is -0.336 e. The second-order valence-electron chi connectivity index (χ2n) is 4.06. The number of likely N-dealkylation sites (tertiary alicyclic amines) is 1. The van der Waals surface area contributed by atoms with Crippen molar-refractivity contribution in [1.82, 2.24) is 15.2 Å². The lowest BCUT2D eigenvalue weighted by Gasteiger charge is -2.23. The molecule has 0 radical (unpaired) electrons. The van der Waals surface area contributed by atoms with Crippen molar-refractivity contribution in [1.29, 1.82) is 0 Å². The smallest absolute Gasteiger partial charge is 0.240 e. The molecule has 1 aliphatic rings. The topological polar surface area (TPSA) is 45.2 Å². The van der Waals surface area contributed by atoms with E-state index in [-0.39, 0.29) is 11.9 Å². The second kappa shape index (κ2) is 5.41. The minimum absolute atomic E-state index is 0.00424. The van der Waals surface area contributed by atoms with Crippen molar-refractivity contribution in [2.75, 3.05) is 13.6 Å². The number of amides is 1. The van der Waals surface area contributed by atoms with Gasteiger partial charge in [-0.25, -0.2) is 0 Å². The number of hydrogen-bond acceptors (Lipinski definition) is 4. The van der Waals surface area contributed by atoms with Crippen molar-refractivity contribution in [3.63, 3.8) is 0 Å². The Hall–Kier alpha value is -0.940. The van der Waals surface area contributed by atoms with E-state index in [2.05, 4.69) is 10.3 Å². The zero-order chi connectivity index (χ0) is 11.4. The summed E-state index contributed by atoms with van der Waals surface area (Å²) in [6.07, 6.45) is 5.02. The molecule has 1 aliphatic heterocycles. The maximum Gasteiger partial charge on any atom is 0.240 e. The number of hydrogen-bond donors (Lipinski definition) is 1. The van der Waals surface area contributed by atoms with Crippen LogP contribution in [0.2, 0.25) is 0 Å². The Labute approximate surface area is 99.7 Å². The van der Waals surface area contributed by atoms with E-state index in [4.69, 9.17) is 0 Å². The zero-order valence-electron chi connectivity index (χ0n) is 9.48. The quantitative estimate of drug-likeness (QED) is 0.863. The maximum atomic E-state index is 12.2. The number of aromatic nitrogens is 1. The van der Waals surface area contributed by atoms with Gasteiger partial charge in [0.2, 0.25) is 5.91 Å². The number of thiazole rings is 1. The fourth-order valence-corrected chi connectivity index (χ4v) is 2.65. The molecule has 1 N–H and O–H groups in total. The molecular formula is C11H17N3OS. The molecule has 0 spiro atoms. The van der Waals surface area contributed by atoms with Crippen LogP contribution in [-0.4, -0.2) is 35.4 Å². The predicted octanol–water partition coefficient (Wildman–Crippen LogP) is 1.24. The highest BCUT2D eigenvalue weighted by atomic mass is 32.1. The Kier molecular flexibility index (Phi) is 3.90. The molecule has 1 amide bonds. The molecule has 0 aromatic carbocycles. The van der Waals surface area contributed by atoms with E-state index in [0.717, 1.165) is 30.7 Å². The fraction of sp³-hybridized carbons (Fsp3) is 0.636. The summed E-state index contributed by atoms with van der Waals surface area (Å²) in [5.74, 6) is 0.230. The van der Waals surface area contributed by atoms with E-state index in [1.807, 2.05) is 23.7 Å². The summed E-state index contributed by atoms with van der Waals surface area (Å²) < 4.78 is 0. The Morgan fingerprint density at radius 2 is 2.50 bits per heavy atom. The highest BCUT2D eigenvalue weighted by molar-refractivity contribution is 7.09. The minimum atomic E-state index is -0.00424. The first-order valence-corrected chi connectivity index (χ1v) is 6.52. The third-order valence-corrected chi connectivity index (χ3v) is 3.72. The molecule has 2 rings (SSSR count). The monoisotopic (exact) mass is 239 g/mol. The van der Waals surface area contributed by atoms with E-state index in [1.165, 1.54) is 0 Å². The second-order valence-corrected chi connectivity index (χ2v) is 5.04. The molecule has 1 unspecified atom stereocenters. The zero-order valence-corrected chi connectivity index (χ0v) is 10.3. The van der Waals surface area contributed by atoms with Crippen LogP contribution in [0.4, 0.5) is 0 Å². The molecule has 1 aromatic heterocycles. The maximum absolute atomic E-state index is 12.2. The summed E-state index contributed by atoms with van der Waals surface area (Å²) in [4.78, 5) is 19.3. The number of rotatable bonds is 3. The van der Waals surface area contributed by atoms with Gasteiger partial charge in [0.25, 0.3) is 0 Å². The lowest BCUT2D eigenvalue weighted by molar-refractivity contribution is -0.133. The standard InChI is InChI=1S/C11H17N3OS/c1-12-10-4-2-3-5-14(11(10)15)7-9-6-13-8-16-9/h6,8,10,12H,2-5,7H2,1H3. The molecule has 16 heavy (non-hydrogen) atoms. The summed E-state index contributed by atoms with van der Waals surface area (Å²) in [7, 11) is 1.86. The van der Waals surface area contributed by atoms with Crippen LogP contribution in [0.15, 0.2) is 11.7 Å². The van der Waals surface area contributed by atoms with Gasteiger partial charge in [-0.1, -0.05) is 0 Å². The molecule has 0 saturated carbocycles. The van der Waals surface area contributed by atoms with E-state index in [0.29, 0.717) is 6.54 Å². The summed E-state index contributed by atoms with van der Waals surface area (Å²) in [5.41, 5.74) is 1.81. The average molecular weight is 239 g/mol. The van der Waals surface area contributed by atoms with Crippen molar-refractivity contribution in [2.45, 2.75) is 31.8 Å². The third kappa shape index (κ3) is 2.59. The molecule has 2 heterocycles. The molecule has 5 heteroatoms. The lowest BCUT2D eigenvalue weighted by Crippen LogP contribution is -2.43. The fourth-order valence-electron chi connectivity index (χ4n) is 2.04. The van der Waals surface area contributed by atoms with Crippen LogP contribution in [0, 0.1) is 0 Å². The molecular weight excluding hydrogens is 222 g/mol. The Morgan fingerprint density at radius 3 is 3.19 bits per heavy atom. The lowest BCUT2D eigenvalue weighted by atomic mass is 10.1. The van der Waals surface area contributed by atoms with E-state index < -0.39 is 0 Å². The van der Waals surface area contributed by atoms with E-state index in [9.17, 15) is 4.79 Å². The molecule has 0 bridgehead atoms. The molecule has 1 atom stereocenters. The normalized spacial score (nSPS) is 22.2. The van der Waals surface area contributed by atoms with Crippen LogP contribution in [-0.2, 0) is 11.3 Å². The van der Waals surface area contributed by atoms with Crippen molar-refractivity contribution in [3.8, 4) is 0 Å². The largest absolute Gasteiger partial charge is 0.336 e. The van der Waals surface area contributed by atoms with Crippen LogP contribution in [0.3, 0.4) is 0 Å². The van der Waals surface area contributed by atoms with Gasteiger partial charge in [0.15, 0.2) is 0 Å².